The number of methoxy groups -OCH3 is 1. The van der Waals surface area contributed by atoms with E-state index in [-0.39, 0.29) is 29.7 Å². The van der Waals surface area contributed by atoms with Gasteiger partial charge in [0.1, 0.15) is 12.4 Å². The van der Waals surface area contributed by atoms with Crippen LogP contribution in [0, 0.1) is 0 Å². The summed E-state index contributed by atoms with van der Waals surface area (Å²) >= 11 is 11.7. The van der Waals surface area contributed by atoms with Crippen LogP contribution in [-0.4, -0.2) is 24.2 Å². The van der Waals surface area contributed by atoms with Crippen LogP contribution in [0.1, 0.15) is 12.5 Å². The lowest BCUT2D eigenvalue weighted by molar-refractivity contribution is -0.132. The lowest BCUT2D eigenvalue weighted by Gasteiger charge is -2.11. The molecule has 0 aliphatic rings. The molecule has 0 aliphatic heterocycles. The van der Waals surface area contributed by atoms with Crippen molar-refractivity contribution in [3.05, 3.63) is 57.4 Å². The number of carbonyl (C=O) groups is 1. The molecule has 1 aromatic carbocycles. The van der Waals surface area contributed by atoms with Crippen molar-refractivity contribution >= 4 is 35.2 Å². The normalized spacial score (nSPS) is 12.4. The Bertz CT molecular complexity index is 684. The molecule has 6 nitrogen and oxygen atoms in total. The molecule has 124 valence electrons. The number of halogens is 2. The maximum atomic E-state index is 11.2. The van der Waals surface area contributed by atoms with E-state index < -0.39 is 5.97 Å². The number of amidine groups is 1. The van der Waals surface area contributed by atoms with Crippen molar-refractivity contribution in [1.82, 2.24) is 0 Å². The summed E-state index contributed by atoms with van der Waals surface area (Å²) in [6.45, 7) is 5.34. The Labute approximate surface area is 143 Å². The molecular weight excluding hydrogens is 343 g/mol. The largest absolute Gasteiger partial charge is 0.489 e. The van der Waals surface area contributed by atoms with E-state index in [1.54, 1.807) is 18.2 Å². The molecule has 23 heavy (non-hydrogen) atoms. The predicted molar refractivity (Wildman–Crippen MR) is 89.4 cm³/mol. The SMILES string of the molecule is C=C(OCc1ccc(Cl)c(Cl)c1)/C(C)=C(\N=C(/N)OC)C(=O)O. The van der Waals surface area contributed by atoms with Gasteiger partial charge < -0.3 is 20.3 Å². The van der Waals surface area contributed by atoms with E-state index in [2.05, 4.69) is 16.3 Å². The lowest BCUT2D eigenvalue weighted by Crippen LogP contribution is -2.16. The molecule has 0 amide bonds. The average Bonchev–Trinajstić information content (AvgIpc) is 2.52. The van der Waals surface area contributed by atoms with Gasteiger partial charge in [-0.1, -0.05) is 35.8 Å². The van der Waals surface area contributed by atoms with Gasteiger partial charge >= 0.3 is 5.97 Å². The lowest BCUT2D eigenvalue weighted by atomic mass is 10.2. The van der Waals surface area contributed by atoms with Gasteiger partial charge in [-0.15, -0.1) is 0 Å². The predicted octanol–water partition coefficient (Wildman–Crippen LogP) is 3.34. The molecule has 0 aliphatic carbocycles. The molecule has 8 heteroatoms. The van der Waals surface area contributed by atoms with Crippen molar-refractivity contribution in [3.8, 4) is 0 Å². The van der Waals surface area contributed by atoms with Gasteiger partial charge in [0.25, 0.3) is 6.02 Å². The number of hydrogen-bond donors (Lipinski definition) is 2. The van der Waals surface area contributed by atoms with Gasteiger partial charge in [-0.2, -0.15) is 4.99 Å². The third kappa shape index (κ3) is 5.50. The molecule has 3 N–H and O–H groups in total. The summed E-state index contributed by atoms with van der Waals surface area (Å²) < 4.78 is 10.1. The van der Waals surface area contributed by atoms with Gasteiger partial charge in [-0.3, -0.25) is 0 Å². The van der Waals surface area contributed by atoms with E-state index in [1.165, 1.54) is 14.0 Å². The van der Waals surface area contributed by atoms with E-state index in [9.17, 15) is 9.90 Å². The molecule has 0 atom stereocenters. The first-order valence-electron chi connectivity index (χ1n) is 6.34. The molecule has 0 fully saturated rings. The summed E-state index contributed by atoms with van der Waals surface area (Å²) in [5.41, 5.74) is 6.04. The summed E-state index contributed by atoms with van der Waals surface area (Å²) in [6, 6.07) is 4.74. The average molecular weight is 359 g/mol. The zero-order valence-electron chi connectivity index (χ0n) is 12.6. The van der Waals surface area contributed by atoms with Crippen LogP contribution in [0.4, 0.5) is 0 Å². The quantitative estimate of drug-likeness (QED) is 0.267. The Kier molecular flexibility index (Phi) is 6.93. The number of carboxylic acids is 1. The number of benzene rings is 1. The van der Waals surface area contributed by atoms with Gasteiger partial charge in [0.15, 0.2) is 5.70 Å². The summed E-state index contributed by atoms with van der Waals surface area (Å²) in [5.74, 6) is -1.14. The van der Waals surface area contributed by atoms with Gasteiger partial charge in [0.05, 0.1) is 17.2 Å². The summed E-state index contributed by atoms with van der Waals surface area (Å²) in [4.78, 5) is 14.9. The van der Waals surface area contributed by atoms with Crippen molar-refractivity contribution in [3.63, 3.8) is 0 Å². The molecule has 0 unspecified atom stereocenters. The van der Waals surface area contributed by atoms with Crippen LogP contribution < -0.4 is 5.73 Å². The van der Waals surface area contributed by atoms with Crippen LogP contribution in [0.15, 0.2) is 46.8 Å². The second-order valence-electron chi connectivity index (χ2n) is 4.39. The molecule has 1 aromatic rings. The summed E-state index contributed by atoms with van der Waals surface area (Å²) in [5, 5.41) is 10.0. The minimum Gasteiger partial charge on any atom is -0.489 e. The monoisotopic (exact) mass is 358 g/mol. The number of aliphatic imine (C=N–C) groups is 1. The molecule has 0 saturated carbocycles. The Hall–Kier alpha value is -2.18. The van der Waals surface area contributed by atoms with Gasteiger partial charge in [-0.05, 0) is 24.6 Å². The van der Waals surface area contributed by atoms with Gasteiger partial charge in [0, 0.05) is 5.57 Å². The molecular formula is C15H16Cl2N2O4. The second kappa shape index (κ2) is 8.45. The van der Waals surface area contributed by atoms with Gasteiger partial charge in [-0.25, -0.2) is 4.79 Å². The van der Waals surface area contributed by atoms with Gasteiger partial charge in [0.2, 0.25) is 0 Å². The Morgan fingerprint density at radius 2 is 2.04 bits per heavy atom. The number of nitrogens with two attached hydrogens (primary N) is 1. The number of carboxylic acid groups (broad SMARTS) is 1. The fraction of sp³-hybridized carbons (Fsp3) is 0.200. The molecule has 0 aromatic heterocycles. The highest BCUT2D eigenvalue weighted by Crippen LogP contribution is 2.24. The highest BCUT2D eigenvalue weighted by molar-refractivity contribution is 6.42. The highest BCUT2D eigenvalue weighted by Gasteiger charge is 2.15. The summed E-state index contributed by atoms with van der Waals surface area (Å²) in [7, 11) is 1.28. The number of aliphatic carboxylic acids is 1. The standard InChI is InChI=1S/C15H16Cl2N2O4/c1-8(13(14(20)21)19-15(18)22-3)9(2)23-7-10-4-5-11(16)12(17)6-10/h4-6H,2,7H2,1,3H3,(H2,18,19)(H,20,21)/b13-8-. The first-order valence-corrected chi connectivity index (χ1v) is 7.10. The zero-order valence-corrected chi connectivity index (χ0v) is 14.1. The zero-order chi connectivity index (χ0) is 17.6. The van der Waals surface area contributed by atoms with Crippen molar-refractivity contribution in [2.24, 2.45) is 10.7 Å². The van der Waals surface area contributed by atoms with Crippen molar-refractivity contribution in [2.75, 3.05) is 7.11 Å². The Morgan fingerprint density at radius 1 is 1.39 bits per heavy atom. The molecule has 0 radical (unpaired) electrons. The Balaban J connectivity index is 2.91. The number of hydrogen-bond acceptors (Lipinski definition) is 4. The smallest absolute Gasteiger partial charge is 0.355 e. The molecule has 0 bridgehead atoms. The highest BCUT2D eigenvalue weighted by atomic mass is 35.5. The van der Waals surface area contributed by atoms with Crippen molar-refractivity contribution < 1.29 is 19.4 Å². The topological polar surface area (TPSA) is 94.1 Å². The van der Waals surface area contributed by atoms with Crippen LogP contribution in [0.3, 0.4) is 0 Å². The van der Waals surface area contributed by atoms with Crippen LogP contribution in [-0.2, 0) is 20.9 Å². The molecule has 0 saturated heterocycles. The van der Waals surface area contributed by atoms with E-state index in [0.717, 1.165) is 5.56 Å². The maximum absolute atomic E-state index is 11.2. The maximum Gasteiger partial charge on any atom is 0.355 e. The van der Waals surface area contributed by atoms with Crippen molar-refractivity contribution in [2.45, 2.75) is 13.5 Å². The van der Waals surface area contributed by atoms with Crippen LogP contribution in [0.2, 0.25) is 10.0 Å². The van der Waals surface area contributed by atoms with Crippen LogP contribution in [0.25, 0.3) is 0 Å². The third-order valence-corrected chi connectivity index (χ3v) is 3.54. The third-order valence-electron chi connectivity index (χ3n) is 2.80. The summed E-state index contributed by atoms with van der Waals surface area (Å²) in [6.07, 6.45) is 0. The van der Waals surface area contributed by atoms with E-state index in [4.69, 9.17) is 33.7 Å². The minimum absolute atomic E-state index is 0.140. The molecule has 0 spiro atoms. The van der Waals surface area contributed by atoms with E-state index in [1.807, 2.05) is 0 Å². The Morgan fingerprint density at radius 3 is 2.57 bits per heavy atom. The molecule has 0 heterocycles. The van der Waals surface area contributed by atoms with E-state index >= 15 is 0 Å². The fourth-order valence-electron chi connectivity index (χ4n) is 1.49. The number of allylic oxidation sites excluding steroid dienone is 1. The number of nitrogens with zero attached hydrogens (tertiary/aromatic N) is 1. The first kappa shape index (κ1) is 18.9. The first-order chi connectivity index (χ1) is 10.8. The number of ether oxygens (including phenoxy) is 2. The fourth-order valence-corrected chi connectivity index (χ4v) is 1.81. The van der Waals surface area contributed by atoms with E-state index in [0.29, 0.717) is 10.0 Å². The molecule has 1 rings (SSSR count). The minimum atomic E-state index is -1.28. The number of rotatable bonds is 6. The van der Waals surface area contributed by atoms with Crippen LogP contribution >= 0.6 is 23.2 Å². The van der Waals surface area contributed by atoms with Crippen LogP contribution in [0.5, 0.6) is 0 Å². The van der Waals surface area contributed by atoms with Crippen molar-refractivity contribution in [1.29, 1.82) is 0 Å². The second-order valence-corrected chi connectivity index (χ2v) is 5.21.